The molecule has 17 heavy (non-hydrogen) atoms. The molecule has 1 rings (SSSR count). The van der Waals surface area contributed by atoms with Crippen LogP contribution >= 0.6 is 0 Å². The Morgan fingerprint density at radius 2 is 2.35 bits per heavy atom. The minimum Gasteiger partial charge on any atom is -0.467 e. The molecule has 6 heteroatoms. The van der Waals surface area contributed by atoms with E-state index < -0.39 is 0 Å². The number of hydrogen-bond donors (Lipinski definition) is 1. The number of carbonyl (C=O) groups is 1. The molecule has 0 saturated heterocycles. The fraction of sp³-hybridized carbons (Fsp3) is 0.636. The van der Waals surface area contributed by atoms with Gasteiger partial charge in [-0.25, -0.2) is 9.78 Å². The first kappa shape index (κ1) is 13.7. The highest BCUT2D eigenvalue weighted by Gasteiger charge is 2.15. The number of nitrogens with one attached hydrogen (secondary N) is 1. The van der Waals surface area contributed by atoms with Crippen LogP contribution < -0.4 is 5.32 Å². The van der Waals surface area contributed by atoms with Crippen molar-refractivity contribution >= 4 is 5.97 Å². The van der Waals surface area contributed by atoms with Gasteiger partial charge in [-0.1, -0.05) is 0 Å². The van der Waals surface area contributed by atoms with Gasteiger partial charge in [-0.05, 0) is 6.92 Å². The largest absolute Gasteiger partial charge is 0.467 e. The highest BCUT2D eigenvalue weighted by molar-refractivity contribution is 5.73. The molecule has 1 unspecified atom stereocenters. The van der Waals surface area contributed by atoms with Gasteiger partial charge < -0.3 is 19.4 Å². The number of rotatable bonds is 7. The summed E-state index contributed by atoms with van der Waals surface area (Å²) in [6.45, 7) is 3.87. The van der Waals surface area contributed by atoms with Crippen molar-refractivity contribution in [1.82, 2.24) is 14.9 Å². The van der Waals surface area contributed by atoms with Gasteiger partial charge in [0.05, 0.1) is 25.7 Å². The van der Waals surface area contributed by atoms with Crippen molar-refractivity contribution in [3.63, 3.8) is 0 Å². The molecule has 0 aliphatic carbocycles. The van der Waals surface area contributed by atoms with Gasteiger partial charge in [-0.2, -0.15) is 0 Å². The summed E-state index contributed by atoms with van der Waals surface area (Å²) in [7, 11) is 3.04. The third-order valence-electron chi connectivity index (χ3n) is 2.43. The van der Waals surface area contributed by atoms with Crippen molar-refractivity contribution in [3.8, 4) is 0 Å². The molecule has 1 heterocycles. The van der Waals surface area contributed by atoms with E-state index >= 15 is 0 Å². The lowest BCUT2D eigenvalue weighted by atomic mass is 10.3. The summed E-state index contributed by atoms with van der Waals surface area (Å²) in [5, 5.41) is 3.18. The Hall–Kier alpha value is -1.40. The average Bonchev–Trinajstić information content (AvgIpc) is 2.81. The molecule has 0 aromatic carbocycles. The summed E-state index contributed by atoms with van der Waals surface area (Å²) in [5.41, 5.74) is 0.886. The second-order valence-corrected chi connectivity index (χ2v) is 3.68. The third-order valence-corrected chi connectivity index (χ3v) is 2.43. The van der Waals surface area contributed by atoms with Gasteiger partial charge in [0, 0.05) is 26.4 Å². The van der Waals surface area contributed by atoms with E-state index in [9.17, 15) is 4.79 Å². The number of aromatic nitrogens is 2. The Morgan fingerprint density at radius 1 is 1.59 bits per heavy atom. The van der Waals surface area contributed by atoms with Crippen molar-refractivity contribution in [2.24, 2.45) is 0 Å². The smallest absolute Gasteiger partial charge is 0.328 e. The summed E-state index contributed by atoms with van der Waals surface area (Å²) in [4.78, 5) is 15.5. The molecule has 1 atom stereocenters. The molecule has 6 nitrogen and oxygen atoms in total. The summed E-state index contributed by atoms with van der Waals surface area (Å²) >= 11 is 0. The van der Waals surface area contributed by atoms with Gasteiger partial charge in [-0.15, -0.1) is 0 Å². The molecule has 96 valence electrons. The highest BCUT2D eigenvalue weighted by Crippen LogP contribution is 2.08. The quantitative estimate of drug-likeness (QED) is 0.551. The van der Waals surface area contributed by atoms with Crippen LogP contribution in [0.2, 0.25) is 0 Å². The van der Waals surface area contributed by atoms with Crippen LogP contribution in [0.3, 0.4) is 0 Å². The zero-order chi connectivity index (χ0) is 12.7. The minimum absolute atomic E-state index is 0.277. The fourth-order valence-electron chi connectivity index (χ4n) is 1.37. The summed E-state index contributed by atoms with van der Waals surface area (Å²) in [5.74, 6) is -0.277. The van der Waals surface area contributed by atoms with Crippen molar-refractivity contribution in [1.29, 1.82) is 0 Å². The van der Waals surface area contributed by atoms with Gasteiger partial charge in [0.1, 0.15) is 6.04 Å². The number of ether oxygens (including phenoxy) is 2. The van der Waals surface area contributed by atoms with E-state index in [1.807, 2.05) is 6.20 Å². The fourth-order valence-corrected chi connectivity index (χ4v) is 1.37. The number of esters is 1. The molecular formula is C11H19N3O3. The predicted molar refractivity (Wildman–Crippen MR) is 62.5 cm³/mol. The maximum atomic E-state index is 11.3. The van der Waals surface area contributed by atoms with Crippen molar-refractivity contribution in [2.75, 3.05) is 27.4 Å². The topological polar surface area (TPSA) is 65.4 Å². The molecule has 0 bridgehead atoms. The van der Waals surface area contributed by atoms with Gasteiger partial charge in [0.2, 0.25) is 0 Å². The third kappa shape index (κ3) is 4.16. The first-order chi connectivity index (χ1) is 8.19. The number of imidazole rings is 1. The number of methoxy groups -OCH3 is 2. The molecule has 0 spiro atoms. The van der Waals surface area contributed by atoms with Crippen LogP contribution in [-0.4, -0.2) is 42.9 Å². The summed E-state index contributed by atoms with van der Waals surface area (Å²) in [6, 6.07) is -0.347. The van der Waals surface area contributed by atoms with E-state index in [4.69, 9.17) is 4.74 Å². The SMILES string of the molecule is COCCNCc1cn(C(C)C(=O)OC)cn1. The van der Waals surface area contributed by atoms with E-state index in [2.05, 4.69) is 15.0 Å². The second-order valence-electron chi connectivity index (χ2n) is 3.68. The van der Waals surface area contributed by atoms with Crippen molar-refractivity contribution < 1.29 is 14.3 Å². The van der Waals surface area contributed by atoms with Crippen LogP contribution in [0.1, 0.15) is 18.7 Å². The van der Waals surface area contributed by atoms with Crippen LogP contribution in [0.25, 0.3) is 0 Å². The molecule has 0 saturated carbocycles. The molecule has 1 N–H and O–H groups in total. The lowest BCUT2D eigenvalue weighted by Gasteiger charge is -2.09. The Balaban J connectivity index is 2.44. The zero-order valence-electron chi connectivity index (χ0n) is 10.5. The van der Waals surface area contributed by atoms with Crippen molar-refractivity contribution in [3.05, 3.63) is 18.2 Å². The van der Waals surface area contributed by atoms with E-state index in [1.54, 1.807) is 24.9 Å². The van der Waals surface area contributed by atoms with E-state index in [0.29, 0.717) is 13.2 Å². The van der Waals surface area contributed by atoms with E-state index in [0.717, 1.165) is 12.2 Å². The van der Waals surface area contributed by atoms with E-state index in [-0.39, 0.29) is 12.0 Å². The van der Waals surface area contributed by atoms with Gasteiger partial charge in [0.25, 0.3) is 0 Å². The minimum atomic E-state index is -0.347. The zero-order valence-corrected chi connectivity index (χ0v) is 10.5. The highest BCUT2D eigenvalue weighted by atomic mass is 16.5. The Morgan fingerprint density at radius 3 is 3.00 bits per heavy atom. The molecule has 1 aromatic heterocycles. The van der Waals surface area contributed by atoms with Crippen LogP contribution in [0.15, 0.2) is 12.5 Å². The first-order valence-corrected chi connectivity index (χ1v) is 5.49. The molecule has 1 aromatic rings. The lowest BCUT2D eigenvalue weighted by molar-refractivity contribution is -0.144. The standard InChI is InChI=1S/C11H19N3O3/c1-9(11(15)17-3)14-7-10(13-8-14)6-12-4-5-16-2/h7-9,12H,4-6H2,1-3H3. The predicted octanol–water partition coefficient (Wildman–Crippen LogP) is 0.353. The average molecular weight is 241 g/mol. The maximum Gasteiger partial charge on any atom is 0.328 e. The Kier molecular flexibility index (Phi) is 5.65. The lowest BCUT2D eigenvalue weighted by Crippen LogP contribution is -2.19. The van der Waals surface area contributed by atoms with Crippen LogP contribution in [0, 0.1) is 0 Å². The second kappa shape index (κ2) is 7.03. The van der Waals surface area contributed by atoms with E-state index in [1.165, 1.54) is 7.11 Å². The molecule has 0 amide bonds. The monoisotopic (exact) mass is 241 g/mol. The molecule has 0 aliphatic heterocycles. The van der Waals surface area contributed by atoms with Gasteiger partial charge in [0.15, 0.2) is 0 Å². The maximum absolute atomic E-state index is 11.3. The number of hydrogen-bond acceptors (Lipinski definition) is 5. The van der Waals surface area contributed by atoms with Crippen molar-refractivity contribution in [2.45, 2.75) is 19.5 Å². The number of carbonyl (C=O) groups excluding carboxylic acids is 1. The molecule has 0 fully saturated rings. The summed E-state index contributed by atoms with van der Waals surface area (Å²) < 4.78 is 11.3. The molecular weight excluding hydrogens is 222 g/mol. The molecule has 0 radical (unpaired) electrons. The van der Waals surface area contributed by atoms with Crippen LogP contribution in [0.4, 0.5) is 0 Å². The Bertz CT molecular complexity index is 351. The van der Waals surface area contributed by atoms with Gasteiger partial charge in [-0.3, -0.25) is 0 Å². The number of nitrogens with zero attached hydrogens (tertiary/aromatic N) is 2. The van der Waals surface area contributed by atoms with Crippen LogP contribution in [0.5, 0.6) is 0 Å². The molecule has 0 aliphatic rings. The van der Waals surface area contributed by atoms with Gasteiger partial charge >= 0.3 is 5.97 Å². The normalized spacial score (nSPS) is 12.4. The Labute approximate surface area is 101 Å². The van der Waals surface area contributed by atoms with Crippen LogP contribution in [-0.2, 0) is 20.8 Å². The first-order valence-electron chi connectivity index (χ1n) is 5.49. The summed E-state index contributed by atoms with van der Waals surface area (Å²) in [6.07, 6.45) is 3.47.